The molecule has 0 bridgehead atoms. The molecule has 53 heteroatoms. The van der Waals surface area contributed by atoms with Gasteiger partial charge in [0.25, 0.3) is 0 Å². The molecule has 141 heavy (non-hydrogen) atoms. The van der Waals surface area contributed by atoms with Gasteiger partial charge in [0.1, 0.15) is 95.2 Å². The molecule has 0 amide bonds. The summed E-state index contributed by atoms with van der Waals surface area (Å²) >= 11 is 3.75. The fourth-order valence-corrected chi connectivity index (χ4v) is 22.3. The van der Waals surface area contributed by atoms with Crippen molar-refractivity contribution in [2.75, 3.05) is 128 Å². The molecule has 0 aliphatic carbocycles. The predicted molar refractivity (Wildman–Crippen MR) is 476 cm³/mol. The molecule has 8 aromatic rings. The zero-order valence-corrected chi connectivity index (χ0v) is 82.7. The van der Waals surface area contributed by atoms with E-state index in [2.05, 4.69) is 67.5 Å². The van der Waals surface area contributed by atoms with E-state index in [1.807, 2.05) is 26.2 Å². The van der Waals surface area contributed by atoms with Gasteiger partial charge in [0.2, 0.25) is 0 Å². The van der Waals surface area contributed by atoms with Crippen molar-refractivity contribution in [3.8, 4) is 46.1 Å². The van der Waals surface area contributed by atoms with E-state index in [9.17, 15) is 74.6 Å². The minimum atomic E-state index is -1.61. The molecule has 9 aliphatic heterocycles. The molecule has 0 radical (unpaired) electrons. The number of hydrogen-bond acceptors (Lipinski definition) is 36. The normalized spacial score (nSPS) is 29.9. The van der Waals surface area contributed by atoms with E-state index in [1.54, 1.807) is 9.36 Å². The molecular formula is C88H110F9N18NaO22S3. The van der Waals surface area contributed by atoms with Crippen molar-refractivity contribution in [2.24, 2.45) is 22.9 Å². The van der Waals surface area contributed by atoms with E-state index in [1.165, 1.54) is 103 Å². The molecular weight excluding hydrogens is 1950 g/mol. The molecule has 3 aromatic carbocycles. The summed E-state index contributed by atoms with van der Waals surface area (Å²) in [5, 5.41) is 107. The number of thioether (sulfide) groups is 3. The number of aromatic nitrogens is 15. The van der Waals surface area contributed by atoms with Crippen molar-refractivity contribution in [3.63, 3.8) is 0 Å². The standard InChI is InChI=1S/C30H37F3N6O7S.C27H33F3N6O7S.C23H27F3N6O6S.C7H10O.CH3O.Na/c1-15-24(13-45-16(2)40)46-30(29(42-3)27(15)39-11-22(35-37-39)18-8-19(31)26(33)20(32)9-18)47-25-14-44-12-23(28(25)41)38-10-21(34-36-38)17-4-6-43-7-5-17;1-40-26-23(36-9-18(32-34-36)14-6-15(28)22(30)16(29)7-14)25(39)20(10-37)43-27(26)44-21-12-42-11-19(24(21)38)35-8-17(31-33-35)13-2-4-41-5-3-13;1-10-17(8-37-11(2)33)38-23(39-18-9-36-7-16(21(18)34)28-30-27)22(35-3)20(10)32-6-15(29-31-32)12-4-13(24)19(26)14(25)5-12;1-2-7-3-5-8-6-4-7;1-2;/h8-11,15,17,23-25,27-30,41H,4-7,12-14H2,1-3H3;6-9,13,19-21,23-27,37-39H,2-5,10-12H2,1H3;4-6,10,16-18,20-23,34H,7-9H2,1-3H3;1,7H,3-6H2;1H3;/q;;;;-1;+1. The summed E-state index contributed by atoms with van der Waals surface area (Å²) in [7, 11) is 5.14. The van der Waals surface area contributed by atoms with Gasteiger partial charge in [-0.1, -0.05) is 45.0 Å². The Bertz CT molecular complexity index is 5390. The number of esters is 2. The fraction of sp³-hybridized carbons (Fsp3) is 0.636. The largest absolute Gasteiger partial charge is 1.00 e. The summed E-state index contributed by atoms with van der Waals surface area (Å²) in [6.07, 6.45) is 10.00. The molecule has 24 atom stereocenters. The van der Waals surface area contributed by atoms with Crippen molar-refractivity contribution in [2.45, 2.75) is 207 Å². The maximum absolute atomic E-state index is 14.0. The van der Waals surface area contributed by atoms with Gasteiger partial charge in [0.05, 0.1) is 141 Å². The molecule has 766 valence electrons. The van der Waals surface area contributed by atoms with Crippen LogP contribution in [0.3, 0.4) is 0 Å². The van der Waals surface area contributed by atoms with Crippen LogP contribution in [0, 0.1) is 82.5 Å². The van der Waals surface area contributed by atoms with Crippen LogP contribution in [0.4, 0.5) is 39.5 Å². The molecule has 14 heterocycles. The van der Waals surface area contributed by atoms with E-state index in [0.29, 0.717) is 32.3 Å². The van der Waals surface area contributed by atoms with Crippen LogP contribution in [0.25, 0.3) is 44.2 Å². The third kappa shape index (κ3) is 27.2. The summed E-state index contributed by atoms with van der Waals surface area (Å²) in [6.45, 7) is 11.1. The number of aliphatic hydroxyl groups is 5. The van der Waals surface area contributed by atoms with Gasteiger partial charge < -0.3 is 97.0 Å². The van der Waals surface area contributed by atoms with Crippen LogP contribution >= 0.6 is 35.3 Å². The number of azide groups is 1. The van der Waals surface area contributed by atoms with Gasteiger partial charge >= 0.3 is 41.5 Å². The van der Waals surface area contributed by atoms with E-state index in [-0.39, 0.29) is 140 Å². The average molecular weight is 2060 g/mol. The van der Waals surface area contributed by atoms with Gasteiger partial charge in [-0.3, -0.25) is 9.59 Å². The first kappa shape index (κ1) is 112. The number of terminal acetylenes is 1. The number of halogens is 9. The van der Waals surface area contributed by atoms with Crippen molar-refractivity contribution < 1.29 is 176 Å². The SMILES string of the molecule is C#CC1CCOCC1.COC1C(SC2COCC(N=[N+]=[N-])C2O)OC(COC(C)=O)C(C)C1n1cc(-c2cc(F)c(F)c(F)c2)nn1.COC1C(SC2COCC(n3cc(C4CCOCC4)nn3)C2O)OC(CO)C(O)C1n1cc(-c2cc(F)c(F)c(F)c2)nn1.COC1C(SC2COCC(n3cc(C4CCOCC4)nn3)C2O)OC(COC(C)=O)C(C)C1n1cc(-c2cc(F)c(F)c(F)c2)nn1.C[O-].[Na+]. The van der Waals surface area contributed by atoms with E-state index >= 15 is 0 Å². The molecule has 9 saturated heterocycles. The average Bonchev–Trinajstić information content (AvgIpc) is 1.36. The molecule has 0 saturated carbocycles. The number of ether oxygens (including phenoxy) is 14. The van der Waals surface area contributed by atoms with Gasteiger partial charge in [0, 0.05) is 138 Å². The van der Waals surface area contributed by atoms with Crippen LogP contribution < -0.4 is 34.7 Å². The second-order valence-corrected chi connectivity index (χ2v) is 38.3. The first-order valence-corrected chi connectivity index (χ1v) is 47.9. The summed E-state index contributed by atoms with van der Waals surface area (Å²) in [4.78, 5) is 26.0. The van der Waals surface area contributed by atoms with E-state index < -0.39 is 200 Å². The Hall–Kier alpha value is -8.13. The number of methoxy groups -OCH3 is 3. The molecule has 40 nitrogen and oxygen atoms in total. The summed E-state index contributed by atoms with van der Waals surface area (Å²) < 4.78 is 212. The first-order valence-electron chi connectivity index (χ1n) is 45.0. The van der Waals surface area contributed by atoms with Crippen LogP contribution in [0.5, 0.6) is 0 Å². The fourth-order valence-electron chi connectivity index (χ4n) is 17.8. The van der Waals surface area contributed by atoms with Gasteiger partial charge in [0.15, 0.2) is 52.4 Å². The number of nitrogens with zero attached hydrogens (tertiary/aromatic N) is 18. The maximum Gasteiger partial charge on any atom is 1.00 e. The maximum atomic E-state index is 14.0. The van der Waals surface area contributed by atoms with Crippen LogP contribution in [-0.2, 0) is 75.9 Å². The number of carbonyl (C=O) groups is 2. The zero-order chi connectivity index (χ0) is 100. The molecule has 5 N–H and O–H groups in total. The minimum Gasteiger partial charge on any atom is -0.857 e. The second-order valence-electron chi connectivity index (χ2n) is 34.3. The number of benzene rings is 3. The Labute approximate surface area is 838 Å². The molecule has 9 fully saturated rings. The zero-order valence-electron chi connectivity index (χ0n) is 78.2. The van der Waals surface area contributed by atoms with Crippen molar-refractivity contribution in [1.29, 1.82) is 0 Å². The minimum absolute atomic E-state index is 0. The Morgan fingerprint density at radius 3 is 1.13 bits per heavy atom. The second kappa shape index (κ2) is 52.8. The number of aliphatic hydroxyl groups excluding tert-OH is 5. The van der Waals surface area contributed by atoms with E-state index in [4.69, 9.17) is 83.4 Å². The smallest absolute Gasteiger partial charge is 0.857 e. The Kier molecular flexibility index (Phi) is 41.8. The molecule has 9 aliphatic rings. The molecule has 0 spiro atoms. The molecule has 17 rings (SSSR count). The summed E-state index contributed by atoms with van der Waals surface area (Å²) in [5.41, 5.74) is 8.39. The van der Waals surface area contributed by atoms with Crippen molar-refractivity contribution in [3.05, 3.63) is 142 Å². The summed E-state index contributed by atoms with van der Waals surface area (Å²) in [6, 6.07) is 1.02. The quantitative estimate of drug-likeness (QED) is 0.00777. The van der Waals surface area contributed by atoms with Crippen LogP contribution in [-0.4, -0.2) is 339 Å². The van der Waals surface area contributed by atoms with Crippen LogP contribution in [0.2, 0.25) is 0 Å². The summed E-state index contributed by atoms with van der Waals surface area (Å²) in [5.74, 6) is -11.0. The van der Waals surface area contributed by atoms with Gasteiger partial charge in [-0.15, -0.1) is 73.1 Å². The van der Waals surface area contributed by atoms with Gasteiger partial charge in [-0.25, -0.2) is 62.9 Å². The number of carbonyl (C=O) groups excluding carboxylic acids is 2. The number of hydrogen-bond donors (Lipinski definition) is 5. The van der Waals surface area contributed by atoms with Gasteiger partial charge in [-0.05, 0) is 80.5 Å². The van der Waals surface area contributed by atoms with Crippen LogP contribution in [0.15, 0.2) is 72.5 Å². The van der Waals surface area contributed by atoms with E-state index in [0.717, 1.165) is 107 Å². The van der Waals surface area contributed by atoms with Crippen LogP contribution in [0.1, 0.15) is 120 Å². The van der Waals surface area contributed by atoms with Crippen molar-refractivity contribution >= 4 is 47.2 Å². The third-order valence-electron chi connectivity index (χ3n) is 25.5. The Balaban J connectivity index is 0.000000180. The van der Waals surface area contributed by atoms with Gasteiger partial charge in [-0.2, -0.15) is 7.11 Å². The predicted octanol–water partition coefficient (Wildman–Crippen LogP) is 4.32. The third-order valence-corrected chi connectivity index (χ3v) is 29.8. The monoisotopic (exact) mass is 2060 g/mol. The number of rotatable bonds is 25. The Morgan fingerprint density at radius 2 is 0.801 bits per heavy atom. The molecule has 24 unspecified atom stereocenters. The Morgan fingerprint density at radius 1 is 0.475 bits per heavy atom. The topological polar surface area (TPSA) is 490 Å². The molecule has 5 aromatic heterocycles. The van der Waals surface area contributed by atoms with Crippen molar-refractivity contribution in [1.82, 2.24) is 75.0 Å². The first-order chi connectivity index (χ1) is 67.5.